The van der Waals surface area contributed by atoms with Crippen molar-refractivity contribution >= 4 is 11.5 Å². The standard InChI is InChI=1S/C12H22N4O/c1-4-10-11(13)12(15(2)14-10)16(7-8-17-3)9-5-6-9/h9H,4-8,13H2,1-3H3. The van der Waals surface area contributed by atoms with Crippen LogP contribution in [0.3, 0.4) is 0 Å². The Morgan fingerprint density at radius 2 is 2.24 bits per heavy atom. The van der Waals surface area contributed by atoms with Gasteiger partial charge in [0.1, 0.15) is 0 Å². The lowest BCUT2D eigenvalue weighted by Crippen LogP contribution is -2.31. The van der Waals surface area contributed by atoms with Crippen LogP contribution in [0.2, 0.25) is 0 Å². The molecule has 1 fully saturated rings. The molecular formula is C12H22N4O. The topological polar surface area (TPSA) is 56.3 Å². The summed E-state index contributed by atoms with van der Waals surface area (Å²) >= 11 is 0. The number of aryl methyl sites for hydroxylation is 2. The molecule has 2 N–H and O–H groups in total. The van der Waals surface area contributed by atoms with E-state index < -0.39 is 0 Å². The van der Waals surface area contributed by atoms with Gasteiger partial charge in [0.05, 0.1) is 18.0 Å². The van der Waals surface area contributed by atoms with Crippen LogP contribution in [0.15, 0.2) is 0 Å². The van der Waals surface area contributed by atoms with Crippen LogP contribution in [0.1, 0.15) is 25.5 Å². The van der Waals surface area contributed by atoms with Gasteiger partial charge in [0, 0.05) is 26.7 Å². The predicted octanol–water partition coefficient (Wildman–Crippen LogP) is 1.18. The molecule has 1 aromatic rings. The Balaban J connectivity index is 2.25. The summed E-state index contributed by atoms with van der Waals surface area (Å²) in [5, 5.41) is 4.48. The quantitative estimate of drug-likeness (QED) is 0.808. The van der Waals surface area contributed by atoms with Gasteiger partial charge in [0.15, 0.2) is 5.82 Å². The van der Waals surface area contributed by atoms with Crippen LogP contribution in [0.25, 0.3) is 0 Å². The first-order valence-corrected chi connectivity index (χ1v) is 6.26. The fraction of sp³-hybridized carbons (Fsp3) is 0.750. The molecule has 1 saturated carbocycles. The van der Waals surface area contributed by atoms with E-state index in [2.05, 4.69) is 16.9 Å². The number of ether oxygens (including phenoxy) is 1. The van der Waals surface area contributed by atoms with Gasteiger partial charge in [-0.2, -0.15) is 5.10 Å². The van der Waals surface area contributed by atoms with Crippen LogP contribution in [-0.2, 0) is 18.2 Å². The minimum atomic E-state index is 0.618. The van der Waals surface area contributed by atoms with E-state index in [9.17, 15) is 0 Å². The van der Waals surface area contributed by atoms with Crippen LogP contribution in [-0.4, -0.2) is 36.1 Å². The summed E-state index contributed by atoms with van der Waals surface area (Å²) in [5.41, 5.74) is 8.01. The molecule has 5 heteroatoms. The SMILES string of the molecule is CCc1nn(C)c(N(CCOC)C2CC2)c1N. The average Bonchev–Trinajstić information content (AvgIpc) is 3.10. The third kappa shape index (κ3) is 2.39. The minimum Gasteiger partial charge on any atom is -0.394 e. The summed E-state index contributed by atoms with van der Waals surface area (Å²) in [6.45, 7) is 3.69. The molecule has 0 bridgehead atoms. The van der Waals surface area contributed by atoms with Gasteiger partial charge < -0.3 is 15.4 Å². The predicted molar refractivity (Wildman–Crippen MR) is 69.2 cm³/mol. The highest BCUT2D eigenvalue weighted by atomic mass is 16.5. The van der Waals surface area contributed by atoms with Gasteiger partial charge in [-0.15, -0.1) is 0 Å². The van der Waals surface area contributed by atoms with Crippen LogP contribution in [0, 0.1) is 0 Å². The maximum Gasteiger partial charge on any atom is 0.150 e. The molecule has 0 amide bonds. The van der Waals surface area contributed by atoms with Crippen molar-refractivity contribution < 1.29 is 4.74 Å². The van der Waals surface area contributed by atoms with Crippen molar-refractivity contribution in [3.05, 3.63) is 5.69 Å². The molecule has 1 aliphatic rings. The highest BCUT2D eigenvalue weighted by molar-refractivity contribution is 5.67. The number of methoxy groups -OCH3 is 1. The highest BCUT2D eigenvalue weighted by Gasteiger charge is 2.32. The van der Waals surface area contributed by atoms with Crippen LogP contribution in [0.4, 0.5) is 11.5 Å². The second-order valence-corrected chi connectivity index (χ2v) is 4.58. The van der Waals surface area contributed by atoms with Crippen molar-refractivity contribution in [3.63, 3.8) is 0 Å². The molecule has 1 heterocycles. The summed E-state index contributed by atoms with van der Waals surface area (Å²) in [6, 6.07) is 0.618. The van der Waals surface area contributed by atoms with E-state index in [1.807, 2.05) is 11.7 Å². The lowest BCUT2D eigenvalue weighted by atomic mass is 10.3. The highest BCUT2D eigenvalue weighted by Crippen LogP contribution is 2.35. The van der Waals surface area contributed by atoms with E-state index in [-0.39, 0.29) is 0 Å². The van der Waals surface area contributed by atoms with Gasteiger partial charge in [-0.3, -0.25) is 4.68 Å². The molecule has 0 radical (unpaired) electrons. The van der Waals surface area contributed by atoms with Crippen molar-refractivity contribution in [1.29, 1.82) is 0 Å². The van der Waals surface area contributed by atoms with Crippen LogP contribution >= 0.6 is 0 Å². The molecule has 1 aromatic heterocycles. The molecular weight excluding hydrogens is 216 g/mol. The summed E-state index contributed by atoms with van der Waals surface area (Å²) < 4.78 is 7.08. The molecule has 0 saturated heterocycles. The summed E-state index contributed by atoms with van der Waals surface area (Å²) in [6.07, 6.45) is 3.37. The number of rotatable bonds is 6. The molecule has 0 aliphatic heterocycles. The summed E-state index contributed by atoms with van der Waals surface area (Å²) in [4.78, 5) is 2.34. The maximum absolute atomic E-state index is 6.19. The van der Waals surface area contributed by atoms with Crippen molar-refractivity contribution in [2.24, 2.45) is 7.05 Å². The molecule has 2 rings (SSSR count). The lowest BCUT2D eigenvalue weighted by molar-refractivity contribution is 0.204. The zero-order chi connectivity index (χ0) is 12.4. The van der Waals surface area contributed by atoms with E-state index in [4.69, 9.17) is 10.5 Å². The van der Waals surface area contributed by atoms with E-state index in [0.29, 0.717) is 6.04 Å². The fourth-order valence-electron chi connectivity index (χ4n) is 2.22. The Kier molecular flexibility index (Phi) is 3.57. The van der Waals surface area contributed by atoms with E-state index in [1.165, 1.54) is 12.8 Å². The van der Waals surface area contributed by atoms with Crippen molar-refractivity contribution in [3.8, 4) is 0 Å². The Labute approximate surface area is 103 Å². The summed E-state index contributed by atoms with van der Waals surface area (Å²) in [5.74, 6) is 1.06. The minimum absolute atomic E-state index is 0.618. The third-order valence-electron chi connectivity index (χ3n) is 3.26. The Bertz CT molecular complexity index is 384. The van der Waals surface area contributed by atoms with Gasteiger partial charge in [0.25, 0.3) is 0 Å². The molecule has 5 nitrogen and oxygen atoms in total. The number of aromatic nitrogens is 2. The normalized spacial score (nSPS) is 15.2. The van der Waals surface area contributed by atoms with E-state index in [0.717, 1.165) is 36.8 Å². The van der Waals surface area contributed by atoms with Crippen LogP contribution < -0.4 is 10.6 Å². The zero-order valence-corrected chi connectivity index (χ0v) is 10.9. The second-order valence-electron chi connectivity index (χ2n) is 4.58. The molecule has 0 aromatic carbocycles. The first kappa shape index (κ1) is 12.2. The largest absolute Gasteiger partial charge is 0.394 e. The third-order valence-corrected chi connectivity index (χ3v) is 3.26. The molecule has 17 heavy (non-hydrogen) atoms. The number of hydrogen-bond donors (Lipinski definition) is 1. The number of anilines is 2. The Morgan fingerprint density at radius 1 is 1.53 bits per heavy atom. The first-order chi connectivity index (χ1) is 8.19. The number of hydrogen-bond acceptors (Lipinski definition) is 4. The smallest absolute Gasteiger partial charge is 0.150 e. The zero-order valence-electron chi connectivity index (χ0n) is 10.9. The van der Waals surface area contributed by atoms with Gasteiger partial charge in [0.2, 0.25) is 0 Å². The van der Waals surface area contributed by atoms with E-state index >= 15 is 0 Å². The average molecular weight is 238 g/mol. The molecule has 0 unspecified atom stereocenters. The van der Waals surface area contributed by atoms with Gasteiger partial charge >= 0.3 is 0 Å². The van der Waals surface area contributed by atoms with Gasteiger partial charge in [-0.25, -0.2) is 0 Å². The van der Waals surface area contributed by atoms with Crippen molar-refractivity contribution in [2.45, 2.75) is 32.2 Å². The lowest BCUT2D eigenvalue weighted by Gasteiger charge is -2.24. The number of nitrogens with two attached hydrogens (primary N) is 1. The van der Waals surface area contributed by atoms with Gasteiger partial charge in [-0.1, -0.05) is 6.92 Å². The van der Waals surface area contributed by atoms with Crippen molar-refractivity contribution in [1.82, 2.24) is 9.78 Å². The maximum atomic E-state index is 6.19. The second kappa shape index (κ2) is 4.96. The molecule has 1 aliphatic carbocycles. The van der Waals surface area contributed by atoms with Crippen molar-refractivity contribution in [2.75, 3.05) is 30.9 Å². The molecule has 96 valence electrons. The van der Waals surface area contributed by atoms with E-state index in [1.54, 1.807) is 7.11 Å². The molecule has 0 spiro atoms. The monoisotopic (exact) mass is 238 g/mol. The Morgan fingerprint density at radius 3 is 2.71 bits per heavy atom. The Hall–Kier alpha value is -1.23. The number of nitrogen functional groups attached to an aromatic ring is 1. The fourth-order valence-corrected chi connectivity index (χ4v) is 2.22. The first-order valence-electron chi connectivity index (χ1n) is 6.26. The molecule has 0 atom stereocenters. The summed E-state index contributed by atoms with van der Waals surface area (Å²) in [7, 11) is 3.70. The van der Waals surface area contributed by atoms with Gasteiger partial charge in [-0.05, 0) is 19.3 Å². The van der Waals surface area contributed by atoms with Crippen LogP contribution in [0.5, 0.6) is 0 Å². The number of nitrogens with zero attached hydrogens (tertiary/aromatic N) is 3.